The number of pyridine rings is 1. The lowest BCUT2D eigenvalue weighted by molar-refractivity contribution is 0.102. The standard InChI is InChI=1S/C13H11BrN2OS/c1-18-12-5-3-2-4-10(12)16-13(17)11-7-6-9(14)8-15-11/h2-8H,1H3,(H,16,17). The minimum absolute atomic E-state index is 0.205. The normalized spacial score (nSPS) is 10.1. The first-order valence-electron chi connectivity index (χ1n) is 5.26. The molecule has 0 saturated heterocycles. The third-order valence-electron chi connectivity index (χ3n) is 2.32. The molecule has 0 spiro atoms. The highest BCUT2D eigenvalue weighted by molar-refractivity contribution is 9.10. The van der Waals surface area contributed by atoms with Gasteiger partial charge in [-0.05, 0) is 46.5 Å². The van der Waals surface area contributed by atoms with Gasteiger partial charge in [0, 0.05) is 15.6 Å². The Hall–Kier alpha value is -1.33. The van der Waals surface area contributed by atoms with Crippen molar-refractivity contribution in [3.8, 4) is 0 Å². The third kappa shape index (κ3) is 3.11. The third-order valence-corrected chi connectivity index (χ3v) is 3.58. The fraction of sp³-hybridized carbons (Fsp3) is 0.0769. The number of benzene rings is 1. The van der Waals surface area contributed by atoms with Crippen LogP contribution in [-0.2, 0) is 0 Å². The Bertz CT molecular complexity index is 557. The van der Waals surface area contributed by atoms with Crippen LogP contribution in [0, 0.1) is 0 Å². The number of para-hydroxylation sites is 1. The Kier molecular flexibility index (Phi) is 4.38. The number of hydrogen-bond acceptors (Lipinski definition) is 3. The van der Waals surface area contributed by atoms with E-state index in [4.69, 9.17) is 0 Å². The van der Waals surface area contributed by atoms with Gasteiger partial charge in [0.1, 0.15) is 5.69 Å². The Balaban J connectivity index is 2.18. The minimum atomic E-state index is -0.205. The lowest BCUT2D eigenvalue weighted by Gasteiger charge is -2.08. The van der Waals surface area contributed by atoms with E-state index in [0.29, 0.717) is 5.69 Å². The van der Waals surface area contributed by atoms with Gasteiger partial charge in [0.15, 0.2) is 0 Å². The Morgan fingerprint density at radius 2 is 2.06 bits per heavy atom. The molecule has 0 aliphatic rings. The fourth-order valence-corrected chi connectivity index (χ4v) is 2.23. The van der Waals surface area contributed by atoms with Gasteiger partial charge in [0.25, 0.3) is 5.91 Å². The van der Waals surface area contributed by atoms with Crippen LogP contribution < -0.4 is 5.32 Å². The summed E-state index contributed by atoms with van der Waals surface area (Å²) in [5.74, 6) is -0.205. The monoisotopic (exact) mass is 322 g/mol. The zero-order chi connectivity index (χ0) is 13.0. The molecule has 0 atom stereocenters. The molecule has 0 saturated carbocycles. The summed E-state index contributed by atoms with van der Waals surface area (Å²) in [5, 5.41) is 2.86. The number of halogens is 1. The Morgan fingerprint density at radius 1 is 1.28 bits per heavy atom. The lowest BCUT2D eigenvalue weighted by atomic mass is 10.3. The van der Waals surface area contributed by atoms with E-state index in [9.17, 15) is 4.79 Å². The number of nitrogens with zero attached hydrogens (tertiary/aromatic N) is 1. The van der Waals surface area contributed by atoms with Crippen molar-refractivity contribution < 1.29 is 4.79 Å². The topological polar surface area (TPSA) is 42.0 Å². The smallest absolute Gasteiger partial charge is 0.274 e. The van der Waals surface area contributed by atoms with E-state index < -0.39 is 0 Å². The first-order valence-corrected chi connectivity index (χ1v) is 7.28. The van der Waals surface area contributed by atoms with Crippen LogP contribution in [0.4, 0.5) is 5.69 Å². The summed E-state index contributed by atoms with van der Waals surface area (Å²) >= 11 is 4.88. The van der Waals surface area contributed by atoms with Gasteiger partial charge in [-0.25, -0.2) is 4.98 Å². The minimum Gasteiger partial charge on any atom is -0.320 e. The summed E-state index contributed by atoms with van der Waals surface area (Å²) in [5.41, 5.74) is 1.20. The van der Waals surface area contributed by atoms with Gasteiger partial charge in [-0.1, -0.05) is 12.1 Å². The van der Waals surface area contributed by atoms with Crippen LogP contribution in [0.5, 0.6) is 0 Å². The number of anilines is 1. The number of rotatable bonds is 3. The molecule has 0 fully saturated rings. The second-order valence-corrected chi connectivity index (χ2v) is 5.28. The molecule has 0 unspecified atom stereocenters. The molecule has 0 aliphatic carbocycles. The molecule has 0 radical (unpaired) electrons. The van der Waals surface area contributed by atoms with Gasteiger partial charge in [-0.3, -0.25) is 4.79 Å². The number of amides is 1. The summed E-state index contributed by atoms with van der Waals surface area (Å²) < 4.78 is 0.851. The van der Waals surface area contributed by atoms with Crippen LogP contribution >= 0.6 is 27.7 Å². The number of carbonyl (C=O) groups is 1. The zero-order valence-electron chi connectivity index (χ0n) is 9.68. The highest BCUT2D eigenvalue weighted by Crippen LogP contribution is 2.24. The van der Waals surface area contributed by atoms with E-state index >= 15 is 0 Å². The predicted molar refractivity (Wildman–Crippen MR) is 78.1 cm³/mol. The fourth-order valence-electron chi connectivity index (χ4n) is 1.44. The van der Waals surface area contributed by atoms with Crippen molar-refractivity contribution in [1.82, 2.24) is 4.98 Å². The van der Waals surface area contributed by atoms with Gasteiger partial charge < -0.3 is 5.32 Å². The molecule has 2 rings (SSSR count). The van der Waals surface area contributed by atoms with E-state index in [1.165, 1.54) is 0 Å². The highest BCUT2D eigenvalue weighted by atomic mass is 79.9. The van der Waals surface area contributed by atoms with E-state index in [1.807, 2.05) is 30.5 Å². The number of nitrogens with one attached hydrogen (secondary N) is 1. The Labute approximate surface area is 118 Å². The van der Waals surface area contributed by atoms with Crippen LogP contribution in [0.2, 0.25) is 0 Å². The van der Waals surface area contributed by atoms with Crippen LogP contribution in [0.25, 0.3) is 0 Å². The number of thioether (sulfide) groups is 1. The van der Waals surface area contributed by atoms with Gasteiger partial charge in [-0.15, -0.1) is 11.8 Å². The SMILES string of the molecule is CSc1ccccc1NC(=O)c1ccc(Br)cn1. The maximum absolute atomic E-state index is 12.0. The molecular weight excluding hydrogens is 312 g/mol. The molecule has 3 nitrogen and oxygen atoms in total. The summed E-state index contributed by atoms with van der Waals surface area (Å²) in [4.78, 5) is 17.1. The van der Waals surface area contributed by atoms with E-state index in [0.717, 1.165) is 15.1 Å². The van der Waals surface area contributed by atoms with Gasteiger partial charge in [0.05, 0.1) is 5.69 Å². The van der Waals surface area contributed by atoms with Crippen molar-refractivity contribution >= 4 is 39.3 Å². The van der Waals surface area contributed by atoms with Gasteiger partial charge in [0.2, 0.25) is 0 Å². The molecule has 18 heavy (non-hydrogen) atoms. The summed E-state index contributed by atoms with van der Waals surface area (Å²) in [7, 11) is 0. The second kappa shape index (κ2) is 6.02. The lowest BCUT2D eigenvalue weighted by Crippen LogP contribution is -2.13. The highest BCUT2D eigenvalue weighted by Gasteiger charge is 2.09. The van der Waals surface area contributed by atoms with Crippen molar-refractivity contribution in [3.05, 3.63) is 52.8 Å². The van der Waals surface area contributed by atoms with Crippen molar-refractivity contribution in [3.63, 3.8) is 0 Å². The summed E-state index contributed by atoms with van der Waals surface area (Å²) in [6, 6.07) is 11.2. The Morgan fingerprint density at radius 3 is 2.72 bits per heavy atom. The quantitative estimate of drug-likeness (QED) is 0.873. The first kappa shape index (κ1) is 13.1. The predicted octanol–water partition coefficient (Wildman–Crippen LogP) is 3.82. The molecule has 0 aliphatic heterocycles. The molecule has 1 aromatic heterocycles. The first-order chi connectivity index (χ1) is 8.70. The van der Waals surface area contributed by atoms with Crippen molar-refractivity contribution in [2.24, 2.45) is 0 Å². The summed E-state index contributed by atoms with van der Waals surface area (Å²) in [6.45, 7) is 0. The molecule has 92 valence electrons. The molecule has 1 aromatic carbocycles. The molecule has 1 amide bonds. The van der Waals surface area contributed by atoms with Crippen molar-refractivity contribution in [1.29, 1.82) is 0 Å². The van der Waals surface area contributed by atoms with Crippen LogP contribution in [0.1, 0.15) is 10.5 Å². The molecule has 5 heteroatoms. The molecule has 1 heterocycles. The maximum Gasteiger partial charge on any atom is 0.274 e. The van der Waals surface area contributed by atoms with Crippen molar-refractivity contribution in [2.45, 2.75) is 4.90 Å². The van der Waals surface area contributed by atoms with Gasteiger partial charge >= 0.3 is 0 Å². The molecule has 1 N–H and O–H groups in total. The molecular formula is C13H11BrN2OS. The summed E-state index contributed by atoms with van der Waals surface area (Å²) in [6.07, 6.45) is 3.58. The van der Waals surface area contributed by atoms with Gasteiger partial charge in [-0.2, -0.15) is 0 Å². The average Bonchev–Trinajstić information content (AvgIpc) is 2.40. The zero-order valence-corrected chi connectivity index (χ0v) is 12.1. The average molecular weight is 323 g/mol. The van der Waals surface area contributed by atoms with Crippen molar-refractivity contribution in [2.75, 3.05) is 11.6 Å². The van der Waals surface area contributed by atoms with Crippen LogP contribution in [-0.4, -0.2) is 17.1 Å². The van der Waals surface area contributed by atoms with E-state index in [2.05, 4.69) is 26.2 Å². The van der Waals surface area contributed by atoms with Crippen LogP contribution in [0.3, 0.4) is 0 Å². The molecule has 0 bridgehead atoms. The number of aromatic nitrogens is 1. The largest absolute Gasteiger partial charge is 0.320 e. The second-order valence-electron chi connectivity index (χ2n) is 3.52. The maximum atomic E-state index is 12.0. The van der Waals surface area contributed by atoms with E-state index in [1.54, 1.807) is 30.1 Å². The number of hydrogen-bond donors (Lipinski definition) is 1. The number of carbonyl (C=O) groups excluding carboxylic acids is 1. The molecule has 2 aromatic rings. The van der Waals surface area contributed by atoms with E-state index in [-0.39, 0.29) is 5.91 Å². The van der Waals surface area contributed by atoms with Crippen LogP contribution in [0.15, 0.2) is 52.0 Å².